The number of para-hydroxylation sites is 1. The number of rotatable bonds is 4. The van der Waals surface area contributed by atoms with Gasteiger partial charge in [-0.2, -0.15) is 0 Å². The summed E-state index contributed by atoms with van der Waals surface area (Å²) in [6.07, 6.45) is 0.427. The lowest BCUT2D eigenvalue weighted by Crippen LogP contribution is -2.44. The molecule has 1 aliphatic rings. The molecule has 120 valence electrons. The number of hydrogen-bond donors (Lipinski definition) is 1. The van der Waals surface area contributed by atoms with E-state index in [-0.39, 0.29) is 17.9 Å². The zero-order chi connectivity index (χ0) is 16.2. The number of hydrogen-bond acceptors (Lipinski definition) is 4. The first-order valence-electron chi connectivity index (χ1n) is 7.51. The number of anilines is 1. The average molecular weight is 346 g/mol. The Morgan fingerprint density at radius 3 is 2.83 bits per heavy atom. The Morgan fingerprint density at radius 1 is 1.26 bits per heavy atom. The van der Waals surface area contributed by atoms with Crippen LogP contribution in [0.25, 0.3) is 10.4 Å². The molecule has 0 bridgehead atoms. The van der Waals surface area contributed by atoms with Gasteiger partial charge in [0.05, 0.1) is 5.88 Å². The van der Waals surface area contributed by atoms with Crippen molar-refractivity contribution in [3.8, 4) is 10.4 Å². The number of thiophene rings is 1. The fourth-order valence-electron chi connectivity index (χ4n) is 2.56. The average Bonchev–Trinajstić information content (AvgIpc) is 3.26. The Labute approximate surface area is 143 Å². The Hall–Kier alpha value is -1.79. The topological polar surface area (TPSA) is 49.4 Å². The number of thioether (sulfide) groups is 1. The SMILES string of the molecule is CCC(=O)N1CSC[C@H]1C(=O)Nc1ccccc1-c1cccs1. The van der Waals surface area contributed by atoms with Gasteiger partial charge in [-0.15, -0.1) is 23.1 Å². The van der Waals surface area contributed by atoms with Gasteiger partial charge in [0.2, 0.25) is 11.8 Å². The maximum absolute atomic E-state index is 12.7. The van der Waals surface area contributed by atoms with E-state index in [1.165, 1.54) is 0 Å². The van der Waals surface area contributed by atoms with Gasteiger partial charge in [-0.05, 0) is 17.5 Å². The van der Waals surface area contributed by atoms with Crippen molar-refractivity contribution in [3.05, 3.63) is 41.8 Å². The summed E-state index contributed by atoms with van der Waals surface area (Å²) in [7, 11) is 0. The highest BCUT2D eigenvalue weighted by molar-refractivity contribution is 7.99. The summed E-state index contributed by atoms with van der Waals surface area (Å²) in [6, 6.07) is 11.4. The highest BCUT2D eigenvalue weighted by atomic mass is 32.2. The Bertz CT molecular complexity index is 700. The summed E-state index contributed by atoms with van der Waals surface area (Å²) in [5.41, 5.74) is 1.80. The lowest BCUT2D eigenvalue weighted by Gasteiger charge is -2.23. The maximum Gasteiger partial charge on any atom is 0.248 e. The van der Waals surface area contributed by atoms with Gasteiger partial charge >= 0.3 is 0 Å². The normalized spacial score (nSPS) is 17.3. The summed E-state index contributed by atoms with van der Waals surface area (Å²) in [5.74, 6) is 1.17. The molecule has 2 aromatic rings. The van der Waals surface area contributed by atoms with Crippen LogP contribution in [0, 0.1) is 0 Å². The van der Waals surface area contributed by atoms with Crippen molar-refractivity contribution in [2.24, 2.45) is 0 Å². The predicted molar refractivity (Wildman–Crippen MR) is 96.6 cm³/mol. The molecule has 1 fully saturated rings. The third-order valence-corrected chi connectivity index (χ3v) is 5.69. The molecular weight excluding hydrogens is 328 g/mol. The molecule has 0 unspecified atom stereocenters. The molecule has 3 rings (SSSR count). The number of amides is 2. The highest BCUT2D eigenvalue weighted by Gasteiger charge is 2.34. The molecule has 23 heavy (non-hydrogen) atoms. The second kappa shape index (κ2) is 7.19. The van der Waals surface area contributed by atoms with E-state index >= 15 is 0 Å². The number of carbonyl (C=O) groups excluding carboxylic acids is 2. The molecule has 2 amide bonds. The zero-order valence-corrected chi connectivity index (χ0v) is 14.5. The van der Waals surface area contributed by atoms with Crippen LogP contribution in [-0.2, 0) is 9.59 Å². The van der Waals surface area contributed by atoms with Crippen LogP contribution in [0.3, 0.4) is 0 Å². The van der Waals surface area contributed by atoms with E-state index in [4.69, 9.17) is 0 Å². The summed E-state index contributed by atoms with van der Waals surface area (Å²) in [4.78, 5) is 27.4. The second-order valence-electron chi connectivity index (χ2n) is 5.24. The van der Waals surface area contributed by atoms with Gasteiger partial charge in [-0.3, -0.25) is 9.59 Å². The van der Waals surface area contributed by atoms with Crippen LogP contribution in [0.2, 0.25) is 0 Å². The molecule has 0 saturated carbocycles. The van der Waals surface area contributed by atoms with E-state index in [0.717, 1.165) is 16.1 Å². The second-order valence-corrected chi connectivity index (χ2v) is 7.19. The van der Waals surface area contributed by atoms with Crippen molar-refractivity contribution in [3.63, 3.8) is 0 Å². The van der Waals surface area contributed by atoms with Gasteiger partial charge in [0.1, 0.15) is 6.04 Å². The van der Waals surface area contributed by atoms with E-state index in [1.54, 1.807) is 28.0 Å². The molecular formula is C17H18N2O2S2. The quantitative estimate of drug-likeness (QED) is 0.919. The highest BCUT2D eigenvalue weighted by Crippen LogP contribution is 2.32. The van der Waals surface area contributed by atoms with E-state index in [9.17, 15) is 9.59 Å². The molecule has 1 N–H and O–H groups in total. The molecule has 0 spiro atoms. The lowest BCUT2D eigenvalue weighted by atomic mass is 10.1. The predicted octanol–water partition coefficient (Wildman–Crippen LogP) is 3.67. The van der Waals surface area contributed by atoms with E-state index in [1.807, 2.05) is 48.7 Å². The minimum absolute atomic E-state index is 0.0293. The summed E-state index contributed by atoms with van der Waals surface area (Å²) in [6.45, 7) is 1.83. The molecule has 2 heterocycles. The van der Waals surface area contributed by atoms with Crippen LogP contribution in [0.4, 0.5) is 5.69 Å². The minimum atomic E-state index is -0.385. The third kappa shape index (κ3) is 3.43. The molecule has 1 saturated heterocycles. The summed E-state index contributed by atoms with van der Waals surface area (Å²) >= 11 is 3.26. The fourth-order valence-corrected chi connectivity index (χ4v) is 4.51. The molecule has 1 aromatic heterocycles. The van der Waals surface area contributed by atoms with Crippen molar-refractivity contribution in [2.45, 2.75) is 19.4 Å². The number of nitrogens with zero attached hydrogens (tertiary/aromatic N) is 1. The van der Waals surface area contributed by atoms with Crippen LogP contribution < -0.4 is 5.32 Å². The summed E-state index contributed by atoms with van der Waals surface area (Å²) < 4.78 is 0. The van der Waals surface area contributed by atoms with Gasteiger partial charge < -0.3 is 10.2 Å². The first-order valence-corrected chi connectivity index (χ1v) is 9.55. The standard InChI is InChI=1S/C17H18N2O2S2/c1-2-16(20)19-11-22-10-14(19)17(21)18-13-7-4-3-6-12(13)15-8-5-9-23-15/h3-9,14H,2,10-11H2,1H3,(H,18,21)/t14-/m0/s1. The largest absolute Gasteiger partial charge is 0.324 e. The first-order chi connectivity index (χ1) is 11.2. The number of carbonyl (C=O) groups is 2. The Kier molecular flexibility index (Phi) is 5.03. The van der Waals surface area contributed by atoms with Gasteiger partial charge in [0.15, 0.2) is 0 Å². The van der Waals surface area contributed by atoms with Crippen molar-refractivity contribution < 1.29 is 9.59 Å². The zero-order valence-electron chi connectivity index (χ0n) is 12.8. The van der Waals surface area contributed by atoms with Gasteiger partial charge in [0, 0.05) is 28.3 Å². The van der Waals surface area contributed by atoms with Crippen molar-refractivity contribution in [1.29, 1.82) is 0 Å². The van der Waals surface area contributed by atoms with E-state index in [0.29, 0.717) is 18.1 Å². The maximum atomic E-state index is 12.7. The smallest absolute Gasteiger partial charge is 0.248 e. The van der Waals surface area contributed by atoms with Crippen LogP contribution >= 0.6 is 23.1 Å². The van der Waals surface area contributed by atoms with Gasteiger partial charge in [0.25, 0.3) is 0 Å². The van der Waals surface area contributed by atoms with E-state index in [2.05, 4.69) is 5.32 Å². The van der Waals surface area contributed by atoms with Crippen molar-refractivity contribution in [1.82, 2.24) is 4.90 Å². The number of nitrogens with one attached hydrogen (secondary N) is 1. The molecule has 0 aliphatic carbocycles. The Balaban J connectivity index is 1.80. The summed E-state index contributed by atoms with van der Waals surface area (Å²) in [5, 5.41) is 5.03. The van der Waals surface area contributed by atoms with Crippen LogP contribution in [-0.4, -0.2) is 34.4 Å². The van der Waals surface area contributed by atoms with Crippen LogP contribution in [0.15, 0.2) is 41.8 Å². The van der Waals surface area contributed by atoms with Gasteiger partial charge in [-0.1, -0.05) is 31.2 Å². The minimum Gasteiger partial charge on any atom is -0.324 e. The van der Waals surface area contributed by atoms with Crippen molar-refractivity contribution in [2.75, 3.05) is 16.9 Å². The van der Waals surface area contributed by atoms with Crippen molar-refractivity contribution >= 4 is 40.6 Å². The third-order valence-electron chi connectivity index (χ3n) is 3.78. The number of benzene rings is 1. The first kappa shape index (κ1) is 16.1. The lowest BCUT2D eigenvalue weighted by molar-refractivity contribution is -0.135. The van der Waals surface area contributed by atoms with E-state index < -0.39 is 0 Å². The molecule has 1 atom stereocenters. The molecule has 1 aromatic carbocycles. The Morgan fingerprint density at radius 2 is 2.09 bits per heavy atom. The molecule has 1 aliphatic heterocycles. The fraction of sp³-hybridized carbons (Fsp3) is 0.294. The van der Waals surface area contributed by atoms with Gasteiger partial charge in [-0.25, -0.2) is 0 Å². The molecule has 4 nitrogen and oxygen atoms in total. The monoisotopic (exact) mass is 346 g/mol. The van der Waals surface area contributed by atoms with Crippen LogP contribution in [0.5, 0.6) is 0 Å². The molecule has 6 heteroatoms. The molecule has 0 radical (unpaired) electrons. The van der Waals surface area contributed by atoms with Crippen LogP contribution in [0.1, 0.15) is 13.3 Å².